The van der Waals surface area contributed by atoms with Crippen LogP contribution in [0.5, 0.6) is 0 Å². The van der Waals surface area contributed by atoms with Crippen molar-refractivity contribution in [3.8, 4) is 0 Å². The third-order valence-electron chi connectivity index (χ3n) is 8.21. The molecule has 0 spiro atoms. The van der Waals surface area contributed by atoms with Gasteiger partial charge in [0.15, 0.2) is 0 Å². The molecule has 0 saturated heterocycles. The van der Waals surface area contributed by atoms with Gasteiger partial charge < -0.3 is 5.73 Å². The van der Waals surface area contributed by atoms with Crippen LogP contribution >= 0.6 is 0 Å². The molecule has 44 heavy (non-hydrogen) atoms. The molecule has 0 fully saturated rings. The fraction of sp³-hybridized carbons (Fsp3) is 0.946. The van der Waals surface area contributed by atoms with Crippen molar-refractivity contribution in [2.75, 3.05) is 25.6 Å². The molecule has 7 heteroatoms. The van der Waals surface area contributed by atoms with E-state index in [0.29, 0.717) is 19.4 Å². The van der Waals surface area contributed by atoms with Gasteiger partial charge in [0.2, 0.25) is 0 Å². The van der Waals surface area contributed by atoms with E-state index in [9.17, 15) is 17.2 Å². The highest BCUT2D eigenvalue weighted by Crippen LogP contribution is 2.16. The summed E-state index contributed by atoms with van der Waals surface area (Å²) in [5.74, 6) is -0.518. The van der Waals surface area contributed by atoms with Crippen molar-refractivity contribution in [3.05, 3.63) is 12.7 Å². The maximum atomic E-state index is 14.1. The number of unbranched alkanes of at least 4 members (excludes halogenated alkanes) is 26. The zero-order valence-electron chi connectivity index (χ0n) is 29.2. The fourth-order valence-corrected chi connectivity index (χ4v) is 6.49. The van der Waals surface area contributed by atoms with Crippen LogP contribution < -0.4 is 5.73 Å². The Morgan fingerprint density at radius 1 is 0.614 bits per heavy atom. The summed E-state index contributed by atoms with van der Waals surface area (Å²) in [5.41, 5.74) is 4.91. The highest BCUT2D eigenvalue weighted by molar-refractivity contribution is 7.86. The van der Waals surface area contributed by atoms with Gasteiger partial charge in [0.1, 0.15) is 11.9 Å². The number of rotatable bonds is 35. The minimum Gasteiger partial charge on any atom is -0.327 e. The van der Waals surface area contributed by atoms with Crippen molar-refractivity contribution in [1.82, 2.24) is 0 Å². The van der Waals surface area contributed by atoms with Gasteiger partial charge in [-0.3, -0.25) is 8.57 Å². The lowest BCUT2D eigenvalue weighted by molar-refractivity contribution is 0.284. The predicted octanol–water partition coefficient (Wildman–Crippen LogP) is 12.1. The summed E-state index contributed by atoms with van der Waals surface area (Å²) in [6.07, 6.45) is 34.3. The molecule has 0 aliphatic rings. The molecule has 0 radical (unpaired) electrons. The van der Waals surface area contributed by atoms with Crippen LogP contribution in [0.2, 0.25) is 0 Å². The number of nitrogens with two attached hydrogens (primary N) is 1. The van der Waals surface area contributed by atoms with Crippen LogP contribution in [-0.2, 0) is 14.3 Å². The van der Waals surface area contributed by atoms with Gasteiger partial charge in [-0.15, -0.1) is 6.58 Å². The van der Waals surface area contributed by atoms with E-state index < -0.39 is 22.0 Å². The summed E-state index contributed by atoms with van der Waals surface area (Å²) < 4.78 is 55.2. The van der Waals surface area contributed by atoms with Gasteiger partial charge in [0.05, 0.1) is 13.3 Å². The van der Waals surface area contributed by atoms with E-state index in [2.05, 4.69) is 13.5 Å². The Hall–Kier alpha value is -0.530. The van der Waals surface area contributed by atoms with Gasteiger partial charge in [0.25, 0.3) is 10.1 Å². The average Bonchev–Trinajstić information content (AvgIpc) is 3.00. The van der Waals surface area contributed by atoms with Gasteiger partial charge in [-0.25, -0.2) is 4.39 Å². The average molecular weight is 652 g/mol. The number of halogens is 2. The smallest absolute Gasteiger partial charge is 0.270 e. The molecule has 0 aromatic rings. The highest BCUT2D eigenvalue weighted by Gasteiger charge is 2.19. The predicted molar refractivity (Wildman–Crippen MR) is 189 cm³/mol. The van der Waals surface area contributed by atoms with Crippen molar-refractivity contribution in [2.24, 2.45) is 5.73 Å². The first-order valence-electron chi connectivity index (χ1n) is 18.8. The molecule has 0 saturated carbocycles. The van der Waals surface area contributed by atoms with Crippen LogP contribution in [0.3, 0.4) is 0 Å². The molecule has 1 unspecified atom stereocenters. The number of hydrogen-bond donors (Lipinski definition) is 1. The maximum Gasteiger partial charge on any atom is 0.270 e. The van der Waals surface area contributed by atoms with E-state index in [1.54, 1.807) is 6.08 Å². The molecule has 266 valence electrons. The molecule has 0 heterocycles. The molecular weight excluding hydrogens is 576 g/mol. The number of alkyl halides is 2. The summed E-state index contributed by atoms with van der Waals surface area (Å²) >= 11 is 0. The monoisotopic (exact) mass is 652 g/mol. The lowest BCUT2D eigenvalue weighted by Crippen LogP contribution is -2.20. The minimum absolute atomic E-state index is 0.177. The zero-order valence-corrected chi connectivity index (χ0v) is 30.0. The molecule has 0 aromatic heterocycles. The standard InChI is InChI=1S/C34H68F2O3S.C3H7N/c1-2-3-4-5-6-7-8-9-10-11-12-13-14-15-16-17-20-23-26-29-32-39-40(37,38)33-34(36)30-27-24-21-18-19-22-25-28-31-35;1-2-3-4/h34H,2-33H2,1H3;2H,1,3-4H2. The Bertz CT molecular complexity index is 649. The lowest BCUT2D eigenvalue weighted by Gasteiger charge is -2.10. The Labute approximate surface area is 274 Å². The topological polar surface area (TPSA) is 69.4 Å². The van der Waals surface area contributed by atoms with E-state index >= 15 is 0 Å². The van der Waals surface area contributed by atoms with Crippen molar-refractivity contribution >= 4 is 10.1 Å². The maximum absolute atomic E-state index is 14.1. The molecular formula is C37H75F2NO3S. The summed E-state index contributed by atoms with van der Waals surface area (Å²) in [6.45, 7) is 6.16. The van der Waals surface area contributed by atoms with E-state index in [4.69, 9.17) is 9.92 Å². The quantitative estimate of drug-likeness (QED) is 0.0420. The molecule has 1 atom stereocenters. The number of hydrogen-bond acceptors (Lipinski definition) is 4. The van der Waals surface area contributed by atoms with E-state index in [1.165, 1.54) is 109 Å². The molecule has 0 amide bonds. The van der Waals surface area contributed by atoms with Gasteiger partial charge in [-0.05, 0) is 19.3 Å². The second-order valence-corrected chi connectivity index (χ2v) is 14.4. The summed E-state index contributed by atoms with van der Waals surface area (Å²) in [5, 5.41) is 0. The largest absolute Gasteiger partial charge is 0.327 e. The Morgan fingerprint density at radius 2 is 0.932 bits per heavy atom. The molecule has 0 rings (SSSR count). The van der Waals surface area contributed by atoms with E-state index in [1.807, 2.05) is 0 Å². The zero-order chi connectivity index (χ0) is 32.8. The molecule has 0 bridgehead atoms. The third kappa shape index (κ3) is 41.5. The molecule has 2 N–H and O–H groups in total. The first-order valence-corrected chi connectivity index (χ1v) is 20.4. The van der Waals surface area contributed by atoms with Gasteiger partial charge in [-0.1, -0.05) is 180 Å². The molecule has 0 aliphatic carbocycles. The fourth-order valence-electron chi connectivity index (χ4n) is 5.42. The van der Waals surface area contributed by atoms with Crippen LogP contribution in [-0.4, -0.2) is 40.2 Å². The van der Waals surface area contributed by atoms with Gasteiger partial charge in [0, 0.05) is 6.54 Å². The van der Waals surface area contributed by atoms with E-state index in [0.717, 1.165) is 57.8 Å². The van der Waals surface area contributed by atoms with Crippen molar-refractivity contribution < 1.29 is 21.4 Å². The third-order valence-corrected chi connectivity index (χ3v) is 9.51. The highest BCUT2D eigenvalue weighted by atomic mass is 32.2. The minimum atomic E-state index is -3.77. The normalized spacial score (nSPS) is 12.2. The van der Waals surface area contributed by atoms with Crippen LogP contribution in [0.4, 0.5) is 8.78 Å². The van der Waals surface area contributed by atoms with Crippen LogP contribution in [0.25, 0.3) is 0 Å². The van der Waals surface area contributed by atoms with Crippen molar-refractivity contribution in [3.63, 3.8) is 0 Å². The summed E-state index contributed by atoms with van der Waals surface area (Å²) in [6, 6.07) is 0. The van der Waals surface area contributed by atoms with Crippen molar-refractivity contribution in [2.45, 2.75) is 199 Å². The lowest BCUT2D eigenvalue weighted by atomic mass is 10.0. The Morgan fingerprint density at radius 3 is 1.27 bits per heavy atom. The van der Waals surface area contributed by atoms with Gasteiger partial charge in [-0.2, -0.15) is 8.42 Å². The Kier molecular flexibility index (Phi) is 40.1. The second-order valence-electron chi connectivity index (χ2n) is 12.7. The van der Waals surface area contributed by atoms with Crippen molar-refractivity contribution in [1.29, 1.82) is 0 Å². The van der Waals surface area contributed by atoms with Crippen LogP contribution in [0.15, 0.2) is 12.7 Å². The summed E-state index contributed by atoms with van der Waals surface area (Å²) in [4.78, 5) is 0. The molecule has 0 aliphatic heterocycles. The first kappa shape index (κ1) is 45.6. The molecule has 4 nitrogen and oxygen atoms in total. The molecule has 0 aromatic carbocycles. The van der Waals surface area contributed by atoms with Crippen LogP contribution in [0, 0.1) is 0 Å². The second kappa shape index (κ2) is 38.7. The Balaban J connectivity index is 0. The first-order chi connectivity index (χ1) is 21.4. The SMILES string of the molecule is C=CCN.CCCCCCCCCCCCCCCCCCCCCCOS(=O)(=O)CC(F)CCCCCCCCCCF. The van der Waals surface area contributed by atoms with Crippen LogP contribution in [0.1, 0.15) is 193 Å². The van der Waals surface area contributed by atoms with E-state index in [-0.39, 0.29) is 19.7 Å². The summed E-state index contributed by atoms with van der Waals surface area (Å²) in [7, 11) is -3.77. The van der Waals surface area contributed by atoms with Gasteiger partial charge >= 0.3 is 0 Å².